The van der Waals surface area contributed by atoms with Crippen molar-refractivity contribution in [2.24, 2.45) is 0 Å². The number of rotatable bonds is 5. The van der Waals surface area contributed by atoms with Crippen molar-refractivity contribution >= 4 is 0 Å². The monoisotopic (exact) mass is 248 g/mol. The third-order valence-electron chi connectivity index (χ3n) is 2.63. The normalized spacial score (nSPS) is 16.1. The van der Waals surface area contributed by atoms with Gasteiger partial charge in [0.1, 0.15) is 0 Å². The first-order valence-electron chi connectivity index (χ1n) is 6.65. The summed E-state index contributed by atoms with van der Waals surface area (Å²) in [7, 11) is 0. The van der Waals surface area contributed by atoms with Crippen LogP contribution in [0.5, 0.6) is 0 Å². The molecule has 3 nitrogen and oxygen atoms in total. The van der Waals surface area contributed by atoms with E-state index in [1.165, 1.54) is 12.8 Å². The van der Waals surface area contributed by atoms with E-state index in [-0.39, 0.29) is 19.8 Å². The second-order valence-electron chi connectivity index (χ2n) is 4.14. The Morgan fingerprint density at radius 1 is 1.12 bits per heavy atom. The third-order valence-corrected chi connectivity index (χ3v) is 2.63. The first-order chi connectivity index (χ1) is 7.74. The Morgan fingerprint density at radius 2 is 1.65 bits per heavy atom. The van der Waals surface area contributed by atoms with Gasteiger partial charge in [-0.05, 0) is 32.1 Å². The predicted molar refractivity (Wildman–Crippen MR) is 73.2 cm³/mol. The molecule has 1 aliphatic heterocycles. The highest BCUT2D eigenvalue weighted by Crippen LogP contribution is 2.11. The van der Waals surface area contributed by atoms with Gasteiger partial charge in [-0.2, -0.15) is 0 Å². The fraction of sp³-hybridized carbons (Fsp3) is 1.00. The molecule has 0 bridgehead atoms. The molecule has 0 saturated carbocycles. The lowest BCUT2D eigenvalue weighted by Gasteiger charge is -2.22. The maximum atomic E-state index is 8.67. The quantitative estimate of drug-likeness (QED) is 0.805. The van der Waals surface area contributed by atoms with Gasteiger partial charge in [-0.1, -0.05) is 34.6 Å². The van der Waals surface area contributed by atoms with Gasteiger partial charge in [0.2, 0.25) is 0 Å². The van der Waals surface area contributed by atoms with E-state index in [1.54, 1.807) is 0 Å². The van der Waals surface area contributed by atoms with Crippen LogP contribution in [0, 0.1) is 0 Å². The van der Waals surface area contributed by atoms with Gasteiger partial charge >= 0.3 is 0 Å². The number of aliphatic hydroxyl groups is 1. The molecule has 1 aliphatic rings. The topological polar surface area (TPSA) is 38.7 Å². The highest BCUT2D eigenvalue weighted by molar-refractivity contribution is 4.51. The van der Waals surface area contributed by atoms with E-state index in [2.05, 4.69) is 6.92 Å². The van der Waals surface area contributed by atoms with Crippen molar-refractivity contribution in [3.8, 4) is 0 Å². The lowest BCUT2D eigenvalue weighted by molar-refractivity contribution is -0.181. The SMILES string of the molecule is C.CCC(O)CC.CCCCC1OCCCO1. The van der Waals surface area contributed by atoms with Crippen LogP contribution in [-0.2, 0) is 9.47 Å². The molecule has 1 N–H and O–H groups in total. The van der Waals surface area contributed by atoms with E-state index in [1.807, 2.05) is 13.8 Å². The molecule has 0 aromatic rings. The molecule has 106 valence electrons. The first kappa shape index (κ1) is 19.2. The lowest BCUT2D eigenvalue weighted by Crippen LogP contribution is -2.24. The molecule has 1 fully saturated rings. The Morgan fingerprint density at radius 3 is 2.00 bits per heavy atom. The molecule has 3 heteroatoms. The van der Waals surface area contributed by atoms with Crippen LogP contribution < -0.4 is 0 Å². The maximum Gasteiger partial charge on any atom is 0.157 e. The zero-order valence-corrected chi connectivity index (χ0v) is 11.1. The van der Waals surface area contributed by atoms with E-state index in [0.717, 1.165) is 38.9 Å². The van der Waals surface area contributed by atoms with Crippen molar-refractivity contribution < 1.29 is 14.6 Å². The largest absolute Gasteiger partial charge is 0.393 e. The van der Waals surface area contributed by atoms with Crippen LogP contribution in [0.1, 0.15) is 66.7 Å². The Bertz CT molecular complexity index is 129. The Hall–Kier alpha value is -0.120. The Balaban J connectivity index is 0. The molecule has 0 atom stereocenters. The van der Waals surface area contributed by atoms with E-state index in [0.29, 0.717) is 0 Å². The highest BCUT2D eigenvalue weighted by atomic mass is 16.7. The lowest BCUT2D eigenvalue weighted by atomic mass is 10.2. The van der Waals surface area contributed by atoms with Crippen molar-refractivity contribution in [1.82, 2.24) is 0 Å². The van der Waals surface area contributed by atoms with Gasteiger partial charge in [-0.25, -0.2) is 0 Å². The molecule has 0 amide bonds. The fourth-order valence-electron chi connectivity index (χ4n) is 1.36. The van der Waals surface area contributed by atoms with Crippen LogP contribution in [0.3, 0.4) is 0 Å². The summed E-state index contributed by atoms with van der Waals surface area (Å²) in [6, 6.07) is 0. The minimum atomic E-state index is -0.0648. The van der Waals surface area contributed by atoms with Gasteiger partial charge in [0.15, 0.2) is 6.29 Å². The second kappa shape index (κ2) is 13.9. The summed E-state index contributed by atoms with van der Waals surface area (Å²) < 4.78 is 10.7. The molecule has 0 aliphatic carbocycles. The van der Waals surface area contributed by atoms with Crippen LogP contribution in [0.2, 0.25) is 0 Å². The van der Waals surface area contributed by atoms with Gasteiger partial charge in [0.05, 0.1) is 19.3 Å². The molecule has 1 rings (SSSR count). The van der Waals surface area contributed by atoms with Crippen molar-refractivity contribution in [3.63, 3.8) is 0 Å². The van der Waals surface area contributed by atoms with Crippen LogP contribution in [0.4, 0.5) is 0 Å². The molecule has 0 spiro atoms. The summed E-state index contributed by atoms with van der Waals surface area (Å²) in [4.78, 5) is 0. The molecule has 1 saturated heterocycles. The summed E-state index contributed by atoms with van der Waals surface area (Å²) >= 11 is 0. The van der Waals surface area contributed by atoms with Gasteiger partial charge in [0, 0.05) is 0 Å². The third kappa shape index (κ3) is 12.1. The number of aliphatic hydroxyl groups excluding tert-OH is 1. The summed E-state index contributed by atoms with van der Waals surface area (Å²) in [5, 5.41) is 8.67. The van der Waals surface area contributed by atoms with Crippen molar-refractivity contribution in [2.75, 3.05) is 13.2 Å². The van der Waals surface area contributed by atoms with E-state index in [9.17, 15) is 0 Å². The zero-order chi connectivity index (χ0) is 12.2. The van der Waals surface area contributed by atoms with Gasteiger partial charge in [0.25, 0.3) is 0 Å². The predicted octanol–water partition coefficient (Wildman–Crippen LogP) is 3.74. The van der Waals surface area contributed by atoms with Crippen LogP contribution >= 0.6 is 0 Å². The highest BCUT2D eigenvalue weighted by Gasteiger charge is 2.12. The number of ether oxygens (including phenoxy) is 2. The standard InChI is InChI=1S/C8H16O2.C5H12O.CH4/c1-2-3-5-8-9-6-4-7-10-8;1-3-5(6)4-2;/h8H,2-7H2,1H3;5-6H,3-4H2,1-2H3;1H4. The number of unbranched alkanes of at least 4 members (excludes halogenated alkanes) is 1. The minimum Gasteiger partial charge on any atom is -0.393 e. The van der Waals surface area contributed by atoms with Gasteiger partial charge in [-0.15, -0.1) is 0 Å². The average Bonchev–Trinajstić information content (AvgIpc) is 2.37. The van der Waals surface area contributed by atoms with Crippen LogP contribution in [-0.4, -0.2) is 30.7 Å². The molecule has 0 radical (unpaired) electrons. The molecule has 1 heterocycles. The molecule has 0 aromatic heterocycles. The van der Waals surface area contributed by atoms with Crippen LogP contribution in [0.25, 0.3) is 0 Å². The smallest absolute Gasteiger partial charge is 0.157 e. The summed E-state index contributed by atoms with van der Waals surface area (Å²) in [5.41, 5.74) is 0. The zero-order valence-electron chi connectivity index (χ0n) is 11.1. The molecular formula is C14H32O3. The maximum absolute atomic E-state index is 8.67. The van der Waals surface area contributed by atoms with Crippen molar-refractivity contribution in [3.05, 3.63) is 0 Å². The minimum absolute atomic E-state index is 0. The van der Waals surface area contributed by atoms with Gasteiger partial charge in [-0.3, -0.25) is 0 Å². The van der Waals surface area contributed by atoms with Crippen LogP contribution in [0.15, 0.2) is 0 Å². The van der Waals surface area contributed by atoms with E-state index in [4.69, 9.17) is 14.6 Å². The summed E-state index contributed by atoms with van der Waals surface area (Å²) in [6.07, 6.45) is 6.37. The molecular weight excluding hydrogens is 216 g/mol. The molecule has 0 aromatic carbocycles. The van der Waals surface area contributed by atoms with E-state index >= 15 is 0 Å². The van der Waals surface area contributed by atoms with E-state index < -0.39 is 0 Å². The molecule has 0 unspecified atom stereocenters. The Kier molecular flexibility index (Phi) is 15.8. The Labute approximate surface area is 108 Å². The summed E-state index contributed by atoms with van der Waals surface area (Å²) in [6.45, 7) is 7.91. The first-order valence-corrected chi connectivity index (χ1v) is 6.65. The second-order valence-corrected chi connectivity index (χ2v) is 4.14. The fourth-order valence-corrected chi connectivity index (χ4v) is 1.36. The average molecular weight is 248 g/mol. The van der Waals surface area contributed by atoms with Crippen molar-refractivity contribution in [2.45, 2.75) is 79.1 Å². The number of hydrogen-bond donors (Lipinski definition) is 1. The van der Waals surface area contributed by atoms with Crippen molar-refractivity contribution in [1.29, 1.82) is 0 Å². The number of hydrogen-bond acceptors (Lipinski definition) is 3. The molecule has 17 heavy (non-hydrogen) atoms. The van der Waals surface area contributed by atoms with Gasteiger partial charge < -0.3 is 14.6 Å². The summed E-state index contributed by atoms with van der Waals surface area (Å²) in [5.74, 6) is 0.